The van der Waals surface area contributed by atoms with Gasteiger partial charge >= 0.3 is 0 Å². The lowest BCUT2D eigenvalue weighted by Gasteiger charge is -2.08. The molecule has 2 heterocycles. The molecule has 0 aliphatic carbocycles. The summed E-state index contributed by atoms with van der Waals surface area (Å²) in [6.07, 6.45) is 1.50. The van der Waals surface area contributed by atoms with Crippen LogP contribution < -0.4 is 10.9 Å². The van der Waals surface area contributed by atoms with E-state index >= 15 is 0 Å². The lowest BCUT2D eigenvalue weighted by Crippen LogP contribution is -2.26. The minimum Gasteiger partial charge on any atom is -0.460 e. The maximum absolute atomic E-state index is 14.0. The van der Waals surface area contributed by atoms with E-state index in [0.29, 0.717) is 11.1 Å². The number of carbonyl (C=O) groups is 1. The van der Waals surface area contributed by atoms with Crippen LogP contribution in [0.15, 0.2) is 63.9 Å². The molecule has 0 aliphatic heterocycles. The maximum Gasteiger partial charge on any atom is 0.262 e. The van der Waals surface area contributed by atoms with Gasteiger partial charge in [-0.2, -0.15) is 0 Å². The largest absolute Gasteiger partial charge is 0.460 e. The topological polar surface area (TPSA) is 64.2 Å². The number of rotatable bonds is 5. The molecule has 1 N–H and O–H groups in total. The average Bonchev–Trinajstić information content (AvgIpc) is 3.07. The summed E-state index contributed by atoms with van der Waals surface area (Å²) in [5, 5.41) is 2.98. The van der Waals surface area contributed by atoms with Crippen molar-refractivity contribution in [3.05, 3.63) is 104 Å². The van der Waals surface area contributed by atoms with E-state index in [1.54, 1.807) is 31.2 Å². The van der Waals surface area contributed by atoms with Crippen LogP contribution in [0.1, 0.15) is 27.2 Å². The van der Waals surface area contributed by atoms with E-state index in [2.05, 4.69) is 5.32 Å². The van der Waals surface area contributed by atoms with Gasteiger partial charge in [-0.1, -0.05) is 35.9 Å². The molecule has 2 aromatic carbocycles. The summed E-state index contributed by atoms with van der Waals surface area (Å²) in [6, 6.07) is 11.6. The number of nitrogens with one attached hydrogen (secondary N) is 1. The van der Waals surface area contributed by atoms with Gasteiger partial charge in [0.2, 0.25) is 0 Å². The van der Waals surface area contributed by atoms with Crippen LogP contribution in [0.2, 0.25) is 5.02 Å². The molecule has 4 aromatic rings. The molecule has 0 saturated carbocycles. The average molecular weight is 443 g/mol. The SMILES string of the molecule is Cc1oc2ccn(Cc3ccccc3F)c(=O)c2c1C(=O)NCc1ccc(F)cc1Cl. The Morgan fingerprint density at radius 1 is 1.13 bits per heavy atom. The molecule has 0 bridgehead atoms. The summed E-state index contributed by atoms with van der Waals surface area (Å²) >= 11 is 6.01. The molecule has 158 valence electrons. The van der Waals surface area contributed by atoms with Crippen molar-refractivity contribution < 1.29 is 18.0 Å². The fraction of sp³-hybridized carbons (Fsp3) is 0.130. The first-order chi connectivity index (χ1) is 14.8. The van der Waals surface area contributed by atoms with Crippen LogP contribution in [-0.4, -0.2) is 10.5 Å². The van der Waals surface area contributed by atoms with E-state index < -0.39 is 23.1 Å². The Morgan fingerprint density at radius 2 is 1.90 bits per heavy atom. The van der Waals surface area contributed by atoms with Crippen LogP contribution in [0.4, 0.5) is 8.78 Å². The molecular formula is C23H17ClF2N2O3. The maximum atomic E-state index is 14.0. The second-order valence-corrected chi connectivity index (χ2v) is 7.44. The predicted octanol–water partition coefficient (Wildman–Crippen LogP) is 4.81. The summed E-state index contributed by atoms with van der Waals surface area (Å²) < 4.78 is 34.2. The Kier molecular flexibility index (Phi) is 5.61. The van der Waals surface area contributed by atoms with E-state index in [1.807, 2.05) is 0 Å². The van der Waals surface area contributed by atoms with Gasteiger partial charge in [-0.25, -0.2) is 8.78 Å². The number of aryl methyl sites for hydroxylation is 1. The summed E-state index contributed by atoms with van der Waals surface area (Å²) in [4.78, 5) is 26.0. The number of amides is 1. The van der Waals surface area contributed by atoms with Crippen LogP contribution in [0.5, 0.6) is 0 Å². The Balaban J connectivity index is 1.67. The number of pyridine rings is 1. The zero-order valence-corrected chi connectivity index (χ0v) is 17.2. The van der Waals surface area contributed by atoms with Crippen molar-refractivity contribution in [2.45, 2.75) is 20.0 Å². The molecule has 2 aromatic heterocycles. The summed E-state index contributed by atoms with van der Waals surface area (Å²) in [7, 11) is 0. The number of hydrogen-bond donors (Lipinski definition) is 1. The van der Waals surface area contributed by atoms with Gasteiger partial charge in [0, 0.05) is 23.3 Å². The molecule has 4 rings (SSSR count). The van der Waals surface area contributed by atoms with Crippen LogP contribution in [-0.2, 0) is 13.1 Å². The van der Waals surface area contributed by atoms with E-state index in [4.69, 9.17) is 16.0 Å². The van der Waals surface area contributed by atoms with Gasteiger partial charge in [0.25, 0.3) is 11.5 Å². The molecule has 31 heavy (non-hydrogen) atoms. The lowest BCUT2D eigenvalue weighted by molar-refractivity contribution is 0.0950. The van der Waals surface area contributed by atoms with Crippen molar-refractivity contribution in [3.63, 3.8) is 0 Å². The number of nitrogens with zero attached hydrogens (tertiary/aromatic N) is 1. The highest BCUT2D eigenvalue weighted by atomic mass is 35.5. The van der Waals surface area contributed by atoms with E-state index in [-0.39, 0.29) is 40.4 Å². The number of benzene rings is 2. The van der Waals surface area contributed by atoms with Crippen molar-refractivity contribution in [3.8, 4) is 0 Å². The molecule has 0 atom stereocenters. The normalized spacial score (nSPS) is 11.1. The molecule has 0 saturated heterocycles. The predicted molar refractivity (Wildman–Crippen MR) is 113 cm³/mol. The molecule has 0 unspecified atom stereocenters. The summed E-state index contributed by atoms with van der Waals surface area (Å²) in [5.41, 5.74) is 0.765. The van der Waals surface area contributed by atoms with Crippen LogP contribution >= 0.6 is 11.6 Å². The molecule has 0 aliphatic rings. The highest BCUT2D eigenvalue weighted by Crippen LogP contribution is 2.23. The Bertz CT molecular complexity index is 1360. The minimum atomic E-state index is -0.530. The third kappa shape index (κ3) is 4.09. The Hall–Kier alpha value is -3.45. The third-order valence-electron chi connectivity index (χ3n) is 4.97. The number of halogens is 3. The zero-order chi connectivity index (χ0) is 22.1. The van der Waals surface area contributed by atoms with E-state index in [9.17, 15) is 18.4 Å². The smallest absolute Gasteiger partial charge is 0.262 e. The summed E-state index contributed by atoms with van der Waals surface area (Å²) in [5.74, 6) is -1.16. The minimum absolute atomic E-state index is 0.0118. The molecular weight excluding hydrogens is 426 g/mol. The fourth-order valence-corrected chi connectivity index (χ4v) is 3.64. The first kappa shape index (κ1) is 20.8. The molecule has 0 radical (unpaired) electrons. The fourth-order valence-electron chi connectivity index (χ4n) is 3.40. The number of carbonyl (C=O) groups excluding carboxylic acids is 1. The van der Waals surface area contributed by atoms with E-state index in [1.165, 1.54) is 29.0 Å². The van der Waals surface area contributed by atoms with Crippen molar-refractivity contribution in [2.75, 3.05) is 0 Å². The lowest BCUT2D eigenvalue weighted by atomic mass is 10.1. The van der Waals surface area contributed by atoms with Crippen LogP contribution in [0.25, 0.3) is 11.0 Å². The van der Waals surface area contributed by atoms with Gasteiger partial charge in [0.05, 0.1) is 17.5 Å². The Labute approximate surface area is 180 Å². The number of furan rings is 1. The summed E-state index contributed by atoms with van der Waals surface area (Å²) in [6.45, 7) is 1.64. The van der Waals surface area contributed by atoms with Crippen molar-refractivity contribution in [2.24, 2.45) is 0 Å². The number of fused-ring (bicyclic) bond motifs is 1. The quantitative estimate of drug-likeness (QED) is 0.482. The van der Waals surface area contributed by atoms with Crippen molar-refractivity contribution in [1.29, 1.82) is 0 Å². The van der Waals surface area contributed by atoms with Gasteiger partial charge in [-0.3, -0.25) is 9.59 Å². The first-order valence-corrected chi connectivity index (χ1v) is 9.81. The molecule has 8 heteroatoms. The van der Waals surface area contributed by atoms with Gasteiger partial charge in [0.1, 0.15) is 23.0 Å². The highest BCUT2D eigenvalue weighted by molar-refractivity contribution is 6.31. The Morgan fingerprint density at radius 3 is 2.65 bits per heavy atom. The monoisotopic (exact) mass is 442 g/mol. The van der Waals surface area contributed by atoms with Gasteiger partial charge in [-0.15, -0.1) is 0 Å². The van der Waals surface area contributed by atoms with E-state index in [0.717, 1.165) is 6.07 Å². The zero-order valence-electron chi connectivity index (χ0n) is 16.4. The number of hydrogen-bond acceptors (Lipinski definition) is 3. The van der Waals surface area contributed by atoms with Gasteiger partial charge < -0.3 is 14.3 Å². The second kappa shape index (κ2) is 8.35. The molecule has 5 nitrogen and oxygen atoms in total. The van der Waals surface area contributed by atoms with Crippen LogP contribution in [0, 0.1) is 18.6 Å². The van der Waals surface area contributed by atoms with Crippen LogP contribution in [0.3, 0.4) is 0 Å². The molecule has 0 fully saturated rings. The van der Waals surface area contributed by atoms with Crippen molar-refractivity contribution in [1.82, 2.24) is 9.88 Å². The standard InChI is InChI=1S/C23H17ClF2N2O3/c1-13-20(22(29)27-11-14-6-7-16(25)10-17(14)24)21-19(31-13)8-9-28(23(21)30)12-15-4-2-3-5-18(15)26/h2-10H,11-12H2,1H3,(H,27,29). The third-order valence-corrected chi connectivity index (χ3v) is 5.32. The number of aromatic nitrogens is 1. The second-order valence-electron chi connectivity index (χ2n) is 7.03. The molecule has 0 spiro atoms. The molecule has 1 amide bonds. The van der Waals surface area contributed by atoms with Gasteiger partial charge in [0.15, 0.2) is 0 Å². The van der Waals surface area contributed by atoms with Crippen molar-refractivity contribution >= 4 is 28.5 Å². The highest BCUT2D eigenvalue weighted by Gasteiger charge is 2.22. The van der Waals surface area contributed by atoms with Gasteiger partial charge in [-0.05, 0) is 36.8 Å². The first-order valence-electron chi connectivity index (χ1n) is 9.43.